The van der Waals surface area contributed by atoms with Gasteiger partial charge in [-0.15, -0.1) is 12.4 Å². The van der Waals surface area contributed by atoms with E-state index in [1.165, 1.54) is 60.8 Å². The maximum absolute atomic E-state index is 6.51. The Balaban J connectivity index is 0.00000272. The second-order valence-electron chi connectivity index (χ2n) is 8.95. The molecule has 2 aliphatic carbocycles. The van der Waals surface area contributed by atoms with Crippen LogP contribution in [0.3, 0.4) is 0 Å². The van der Waals surface area contributed by atoms with Crippen LogP contribution >= 0.6 is 12.4 Å². The van der Waals surface area contributed by atoms with E-state index in [0.29, 0.717) is 12.0 Å². The number of hydrogen-bond donors (Lipinski definition) is 1. The molecule has 0 fully saturated rings. The van der Waals surface area contributed by atoms with Crippen LogP contribution in [0.5, 0.6) is 5.75 Å². The van der Waals surface area contributed by atoms with E-state index in [-0.39, 0.29) is 18.5 Å². The standard InChI is InChI=1S/C27H37NO2.ClH/c1-3-9-20(19-30-25-16-7-11-21-10-4-5-14-23(21)25)18-28-24-15-6-12-22-13-8-17-26(29-2)27(22)24;/h4-5,8,10,13-14,17,20,24-25,28H,3,6-7,9,11-12,15-16,18-19H2,1-2H3;1H. The number of hydrogen-bond acceptors (Lipinski definition) is 3. The maximum Gasteiger partial charge on any atom is 0.123 e. The van der Waals surface area contributed by atoms with Gasteiger partial charge in [0.15, 0.2) is 0 Å². The largest absolute Gasteiger partial charge is 0.496 e. The zero-order valence-electron chi connectivity index (χ0n) is 19.1. The Hall–Kier alpha value is -1.55. The minimum absolute atomic E-state index is 0. The molecule has 0 radical (unpaired) electrons. The van der Waals surface area contributed by atoms with E-state index in [4.69, 9.17) is 9.47 Å². The molecule has 0 saturated carbocycles. The van der Waals surface area contributed by atoms with Gasteiger partial charge in [-0.05, 0) is 73.6 Å². The summed E-state index contributed by atoms with van der Waals surface area (Å²) in [6, 6.07) is 15.7. The molecule has 0 heterocycles. The van der Waals surface area contributed by atoms with Gasteiger partial charge in [0.1, 0.15) is 5.75 Å². The molecule has 0 amide bonds. The topological polar surface area (TPSA) is 30.5 Å². The van der Waals surface area contributed by atoms with Crippen molar-refractivity contribution in [3.05, 3.63) is 64.7 Å². The van der Waals surface area contributed by atoms with Crippen molar-refractivity contribution in [2.24, 2.45) is 5.92 Å². The van der Waals surface area contributed by atoms with Crippen LogP contribution in [0.15, 0.2) is 42.5 Å². The smallest absolute Gasteiger partial charge is 0.123 e. The van der Waals surface area contributed by atoms with Gasteiger partial charge in [0.2, 0.25) is 0 Å². The fourth-order valence-electron chi connectivity index (χ4n) is 5.32. The van der Waals surface area contributed by atoms with Crippen LogP contribution in [0.1, 0.15) is 79.8 Å². The Morgan fingerprint density at radius 1 is 1.00 bits per heavy atom. The van der Waals surface area contributed by atoms with E-state index in [9.17, 15) is 0 Å². The molecule has 0 aliphatic heterocycles. The summed E-state index contributed by atoms with van der Waals surface area (Å²) < 4.78 is 12.2. The summed E-state index contributed by atoms with van der Waals surface area (Å²) in [5.74, 6) is 1.58. The number of aryl methyl sites for hydroxylation is 2. The van der Waals surface area contributed by atoms with Crippen LogP contribution in [0, 0.1) is 5.92 Å². The molecule has 3 nitrogen and oxygen atoms in total. The predicted molar refractivity (Wildman–Crippen MR) is 130 cm³/mol. The summed E-state index contributed by atoms with van der Waals surface area (Å²) in [6.07, 6.45) is 9.83. The zero-order chi connectivity index (χ0) is 20.8. The van der Waals surface area contributed by atoms with Crippen molar-refractivity contribution in [3.8, 4) is 5.75 Å². The molecule has 2 aromatic carbocycles. The molecule has 0 saturated heterocycles. The minimum atomic E-state index is 0. The molecule has 4 rings (SSSR count). The third-order valence-corrected chi connectivity index (χ3v) is 6.86. The molecular weight excluding hydrogens is 406 g/mol. The van der Waals surface area contributed by atoms with Gasteiger partial charge in [-0.2, -0.15) is 0 Å². The summed E-state index contributed by atoms with van der Waals surface area (Å²) >= 11 is 0. The van der Waals surface area contributed by atoms with Crippen molar-refractivity contribution >= 4 is 12.4 Å². The molecule has 3 unspecified atom stereocenters. The van der Waals surface area contributed by atoms with Crippen LogP contribution in [0.4, 0.5) is 0 Å². The van der Waals surface area contributed by atoms with Gasteiger partial charge in [0, 0.05) is 18.2 Å². The summed E-state index contributed by atoms with van der Waals surface area (Å²) in [5.41, 5.74) is 5.71. The quantitative estimate of drug-likeness (QED) is 0.473. The first-order chi connectivity index (χ1) is 14.8. The number of methoxy groups -OCH3 is 1. The molecule has 0 aromatic heterocycles. The molecule has 1 N–H and O–H groups in total. The summed E-state index contributed by atoms with van der Waals surface area (Å²) in [6.45, 7) is 4.12. The van der Waals surface area contributed by atoms with Crippen LogP contribution in [0.2, 0.25) is 0 Å². The van der Waals surface area contributed by atoms with Crippen LogP contribution in [-0.2, 0) is 17.6 Å². The van der Waals surface area contributed by atoms with Gasteiger partial charge in [-0.3, -0.25) is 0 Å². The Bertz CT molecular complexity index is 810. The Morgan fingerprint density at radius 3 is 2.61 bits per heavy atom. The second-order valence-corrected chi connectivity index (χ2v) is 8.95. The van der Waals surface area contributed by atoms with Crippen molar-refractivity contribution in [2.45, 2.75) is 70.4 Å². The van der Waals surface area contributed by atoms with Gasteiger partial charge in [0.25, 0.3) is 0 Å². The lowest BCUT2D eigenvalue weighted by Gasteiger charge is -2.31. The van der Waals surface area contributed by atoms with Crippen LogP contribution in [0.25, 0.3) is 0 Å². The number of halogens is 1. The lowest BCUT2D eigenvalue weighted by Crippen LogP contribution is -2.32. The van der Waals surface area contributed by atoms with Gasteiger partial charge in [-0.1, -0.05) is 49.7 Å². The van der Waals surface area contributed by atoms with Crippen LogP contribution in [-0.4, -0.2) is 20.3 Å². The van der Waals surface area contributed by atoms with E-state index in [1.807, 2.05) is 0 Å². The van der Waals surface area contributed by atoms with Crippen LogP contribution < -0.4 is 10.1 Å². The molecule has 2 aliphatic rings. The first-order valence-corrected chi connectivity index (χ1v) is 11.9. The first kappa shape index (κ1) is 24.1. The highest BCUT2D eigenvalue weighted by molar-refractivity contribution is 5.85. The summed E-state index contributed by atoms with van der Waals surface area (Å²) in [7, 11) is 1.79. The van der Waals surface area contributed by atoms with E-state index < -0.39 is 0 Å². The van der Waals surface area contributed by atoms with E-state index in [2.05, 4.69) is 54.7 Å². The highest BCUT2D eigenvalue weighted by atomic mass is 35.5. The maximum atomic E-state index is 6.51. The molecule has 170 valence electrons. The summed E-state index contributed by atoms with van der Waals surface area (Å²) in [4.78, 5) is 0. The molecule has 4 heteroatoms. The van der Waals surface area contributed by atoms with E-state index in [1.54, 1.807) is 7.11 Å². The average molecular weight is 444 g/mol. The predicted octanol–water partition coefficient (Wildman–Crippen LogP) is 6.59. The van der Waals surface area contributed by atoms with E-state index in [0.717, 1.165) is 31.7 Å². The third-order valence-electron chi connectivity index (χ3n) is 6.86. The molecule has 0 spiro atoms. The van der Waals surface area contributed by atoms with Crippen molar-refractivity contribution in [1.29, 1.82) is 0 Å². The van der Waals surface area contributed by atoms with E-state index >= 15 is 0 Å². The first-order valence-electron chi connectivity index (χ1n) is 11.9. The number of benzene rings is 2. The Morgan fingerprint density at radius 2 is 1.77 bits per heavy atom. The molecule has 0 bridgehead atoms. The molecule has 3 atom stereocenters. The molecule has 2 aromatic rings. The zero-order valence-corrected chi connectivity index (χ0v) is 19.9. The number of fused-ring (bicyclic) bond motifs is 2. The lowest BCUT2D eigenvalue weighted by atomic mass is 9.86. The monoisotopic (exact) mass is 443 g/mol. The highest BCUT2D eigenvalue weighted by Crippen LogP contribution is 2.37. The van der Waals surface area contributed by atoms with Crippen molar-refractivity contribution in [3.63, 3.8) is 0 Å². The number of nitrogens with one attached hydrogen (secondary N) is 1. The van der Waals surface area contributed by atoms with Crippen molar-refractivity contribution in [1.82, 2.24) is 5.32 Å². The molecular formula is C27H38ClNO2. The van der Waals surface area contributed by atoms with Gasteiger partial charge in [-0.25, -0.2) is 0 Å². The number of rotatable bonds is 9. The Labute approximate surface area is 194 Å². The summed E-state index contributed by atoms with van der Waals surface area (Å²) in [5, 5.41) is 3.88. The normalized spacial score (nSPS) is 20.8. The van der Waals surface area contributed by atoms with Gasteiger partial charge in [0.05, 0.1) is 19.8 Å². The van der Waals surface area contributed by atoms with Crippen molar-refractivity contribution in [2.75, 3.05) is 20.3 Å². The molecule has 31 heavy (non-hydrogen) atoms. The minimum Gasteiger partial charge on any atom is -0.496 e. The van der Waals surface area contributed by atoms with Gasteiger partial charge < -0.3 is 14.8 Å². The van der Waals surface area contributed by atoms with Crippen molar-refractivity contribution < 1.29 is 9.47 Å². The fourth-order valence-corrected chi connectivity index (χ4v) is 5.32. The Kier molecular flexibility index (Phi) is 9.25. The fraction of sp³-hybridized carbons (Fsp3) is 0.556. The number of ether oxygens (including phenoxy) is 2. The SMILES string of the molecule is CCCC(CNC1CCCc2cccc(OC)c21)COC1CCCc2ccccc21.Cl. The average Bonchev–Trinajstić information content (AvgIpc) is 2.80. The third kappa shape index (κ3) is 5.83. The lowest BCUT2D eigenvalue weighted by molar-refractivity contribution is 0.0154. The van der Waals surface area contributed by atoms with Gasteiger partial charge >= 0.3 is 0 Å². The second kappa shape index (κ2) is 11.9. The highest BCUT2D eigenvalue weighted by Gasteiger charge is 2.25.